The van der Waals surface area contributed by atoms with E-state index in [0.717, 1.165) is 80.2 Å². The van der Waals surface area contributed by atoms with Gasteiger partial charge in [0.2, 0.25) is 5.88 Å². The third kappa shape index (κ3) is 7.14. The molecule has 3 N–H and O–H groups in total. The van der Waals surface area contributed by atoms with Gasteiger partial charge in [0.15, 0.2) is 5.60 Å². The minimum absolute atomic E-state index is 0.143. The SMILES string of the molecule is CCCCc1cc2ccccc2c(OCC[N+](C)(C)[C@H]2CCC(CN3CCC(C#N)(c4cccnc4)CC3)C[C@@]2(O)C(N)=O)n1. The molecule has 9 heteroatoms. The molecule has 240 valence electrons. The highest BCUT2D eigenvalue weighted by molar-refractivity contribution is 5.87. The van der Waals surface area contributed by atoms with Crippen molar-refractivity contribution in [2.45, 2.75) is 75.3 Å². The van der Waals surface area contributed by atoms with Crippen LogP contribution in [0, 0.1) is 17.2 Å². The van der Waals surface area contributed by atoms with Crippen molar-refractivity contribution in [3.63, 3.8) is 0 Å². The average Bonchev–Trinajstić information content (AvgIpc) is 3.04. The van der Waals surface area contributed by atoms with Crippen LogP contribution in [0.1, 0.15) is 63.1 Å². The largest absolute Gasteiger partial charge is 0.471 e. The minimum Gasteiger partial charge on any atom is -0.471 e. The smallest absolute Gasteiger partial charge is 0.255 e. The summed E-state index contributed by atoms with van der Waals surface area (Å²) < 4.78 is 6.73. The van der Waals surface area contributed by atoms with Crippen LogP contribution in [0.25, 0.3) is 10.8 Å². The number of unbranched alkanes of at least 4 members (excludes halogenated alkanes) is 1. The van der Waals surface area contributed by atoms with Crippen LogP contribution in [0.2, 0.25) is 0 Å². The summed E-state index contributed by atoms with van der Waals surface area (Å²) in [7, 11) is 4.10. The predicted molar refractivity (Wildman–Crippen MR) is 175 cm³/mol. The van der Waals surface area contributed by atoms with E-state index in [1.54, 1.807) is 6.20 Å². The van der Waals surface area contributed by atoms with Crippen LogP contribution in [-0.4, -0.2) is 88.9 Å². The Hall–Kier alpha value is -3.58. The molecule has 1 amide bonds. The normalized spacial score (nSPS) is 23.8. The number of primary amides is 1. The monoisotopic (exact) mass is 613 g/mol. The Labute approximate surface area is 267 Å². The first-order valence-electron chi connectivity index (χ1n) is 16.5. The number of quaternary nitrogens is 1. The van der Waals surface area contributed by atoms with Crippen LogP contribution in [0.15, 0.2) is 54.9 Å². The fourth-order valence-corrected chi connectivity index (χ4v) is 7.60. The second-order valence-corrected chi connectivity index (χ2v) is 13.8. The Morgan fingerprint density at radius 2 is 1.98 bits per heavy atom. The van der Waals surface area contributed by atoms with Crippen molar-refractivity contribution >= 4 is 16.7 Å². The first-order chi connectivity index (χ1) is 21.6. The molecule has 0 bridgehead atoms. The molecule has 0 radical (unpaired) electrons. The molecule has 2 aliphatic rings. The Morgan fingerprint density at radius 1 is 1.20 bits per heavy atom. The molecule has 1 saturated heterocycles. The number of likely N-dealkylation sites (N-methyl/N-ethyl adjacent to an activating group) is 1. The number of benzene rings is 1. The number of carbonyl (C=O) groups is 1. The van der Waals surface area contributed by atoms with E-state index in [-0.39, 0.29) is 12.0 Å². The van der Waals surface area contributed by atoms with E-state index in [1.165, 1.54) is 0 Å². The number of ether oxygens (including phenoxy) is 1. The van der Waals surface area contributed by atoms with E-state index in [9.17, 15) is 15.2 Å². The van der Waals surface area contributed by atoms with Gasteiger partial charge in [0.25, 0.3) is 5.91 Å². The number of nitrogens with two attached hydrogens (primary N) is 1. The zero-order chi connectivity index (χ0) is 32.1. The van der Waals surface area contributed by atoms with Crippen molar-refractivity contribution < 1.29 is 19.1 Å². The molecule has 45 heavy (non-hydrogen) atoms. The van der Waals surface area contributed by atoms with Gasteiger partial charge < -0.3 is 25.0 Å². The summed E-state index contributed by atoms with van der Waals surface area (Å²) in [5, 5.41) is 24.0. The summed E-state index contributed by atoms with van der Waals surface area (Å²) in [6, 6.07) is 16.4. The van der Waals surface area contributed by atoms with E-state index < -0.39 is 16.9 Å². The molecule has 1 saturated carbocycles. The number of nitriles is 1. The molecule has 1 aliphatic carbocycles. The molecule has 1 aromatic carbocycles. The highest BCUT2D eigenvalue weighted by Crippen LogP contribution is 2.40. The van der Waals surface area contributed by atoms with Crippen molar-refractivity contribution in [2.24, 2.45) is 11.7 Å². The standard InChI is InChI=1S/C36H48N6O3/c1-4-5-11-30-22-28-9-6-7-12-31(28)33(40-30)45-21-20-42(2,3)32-14-13-27(23-36(32,44)34(38)43)25-41-18-15-35(26-37,16-19-41)29-10-8-17-39-24-29/h6-10,12,17,22,24,27,32,44H,4-5,11,13-16,18-21,23,25H2,1-3H3,(H-,38,43)/p+1/t27?,32-,36-/m0/s1. The number of aliphatic hydroxyl groups is 1. The van der Waals surface area contributed by atoms with E-state index in [2.05, 4.69) is 49.1 Å². The number of aryl methyl sites for hydroxylation is 1. The van der Waals surface area contributed by atoms with Crippen molar-refractivity contribution in [3.05, 3.63) is 66.1 Å². The number of piperidine rings is 1. The first kappa shape index (κ1) is 32.8. The van der Waals surface area contributed by atoms with Gasteiger partial charge in [-0.3, -0.25) is 9.78 Å². The van der Waals surface area contributed by atoms with Crippen LogP contribution >= 0.6 is 0 Å². The molecule has 9 nitrogen and oxygen atoms in total. The number of amides is 1. The molecule has 3 heterocycles. The second kappa shape index (κ2) is 13.8. The number of hydrogen-bond donors (Lipinski definition) is 2. The number of hydrogen-bond acceptors (Lipinski definition) is 7. The van der Waals surface area contributed by atoms with Gasteiger partial charge in [-0.1, -0.05) is 37.6 Å². The second-order valence-electron chi connectivity index (χ2n) is 13.8. The molecule has 2 aromatic heterocycles. The number of aromatic nitrogens is 2. The van der Waals surface area contributed by atoms with Gasteiger partial charge in [-0.05, 0) is 86.7 Å². The van der Waals surface area contributed by atoms with Gasteiger partial charge in [-0.25, -0.2) is 4.98 Å². The third-order valence-electron chi connectivity index (χ3n) is 10.4. The van der Waals surface area contributed by atoms with Crippen LogP contribution in [0.3, 0.4) is 0 Å². The van der Waals surface area contributed by atoms with Gasteiger partial charge in [-0.2, -0.15) is 5.26 Å². The molecule has 2 fully saturated rings. The Kier molecular flexibility index (Phi) is 10.1. The van der Waals surface area contributed by atoms with Crippen LogP contribution < -0.4 is 10.5 Å². The molecule has 1 aliphatic heterocycles. The average molecular weight is 614 g/mol. The molecule has 3 aromatic rings. The van der Waals surface area contributed by atoms with Gasteiger partial charge in [0.05, 0.1) is 25.6 Å². The number of likely N-dealkylation sites (tertiary alicyclic amines) is 1. The van der Waals surface area contributed by atoms with Gasteiger partial charge in [-0.15, -0.1) is 0 Å². The summed E-state index contributed by atoms with van der Waals surface area (Å²) in [5.74, 6) is 0.127. The lowest BCUT2D eigenvalue weighted by Gasteiger charge is -2.49. The van der Waals surface area contributed by atoms with Crippen LogP contribution in [0.4, 0.5) is 0 Å². The molecule has 3 atom stereocenters. The van der Waals surface area contributed by atoms with E-state index in [0.29, 0.717) is 36.4 Å². The summed E-state index contributed by atoms with van der Waals surface area (Å²) in [4.78, 5) is 24.3. The lowest BCUT2D eigenvalue weighted by Crippen LogP contribution is -2.68. The van der Waals surface area contributed by atoms with E-state index in [1.807, 2.05) is 36.5 Å². The lowest BCUT2D eigenvalue weighted by molar-refractivity contribution is -0.922. The molecule has 1 unspecified atom stereocenters. The fraction of sp³-hybridized carbons (Fsp3) is 0.556. The van der Waals surface area contributed by atoms with Gasteiger partial charge in [0.1, 0.15) is 19.2 Å². The Bertz CT molecular complexity index is 1500. The van der Waals surface area contributed by atoms with E-state index >= 15 is 0 Å². The molecular formula is C36H49N6O3+. The van der Waals surface area contributed by atoms with Gasteiger partial charge in [0, 0.05) is 36.4 Å². The Balaban J connectivity index is 1.21. The van der Waals surface area contributed by atoms with Gasteiger partial charge >= 0.3 is 0 Å². The summed E-state index contributed by atoms with van der Waals surface area (Å²) in [6.07, 6.45) is 10.0. The Morgan fingerprint density at radius 3 is 2.67 bits per heavy atom. The van der Waals surface area contributed by atoms with Crippen molar-refractivity contribution in [3.8, 4) is 11.9 Å². The molecular weight excluding hydrogens is 564 g/mol. The lowest BCUT2D eigenvalue weighted by atomic mass is 9.71. The molecule has 5 rings (SSSR count). The number of carbonyl (C=O) groups excluding carboxylic acids is 1. The summed E-state index contributed by atoms with van der Waals surface area (Å²) in [5.41, 5.74) is 5.83. The number of nitrogens with zero attached hydrogens (tertiary/aromatic N) is 5. The summed E-state index contributed by atoms with van der Waals surface area (Å²) >= 11 is 0. The quantitative estimate of drug-likeness (QED) is 0.291. The summed E-state index contributed by atoms with van der Waals surface area (Å²) in [6.45, 7) is 5.53. The maximum Gasteiger partial charge on any atom is 0.255 e. The minimum atomic E-state index is -1.61. The predicted octanol–water partition coefficient (Wildman–Crippen LogP) is 4.37. The van der Waals surface area contributed by atoms with Crippen molar-refractivity contribution in [1.29, 1.82) is 5.26 Å². The number of pyridine rings is 2. The molecule has 0 spiro atoms. The topological polar surface area (TPSA) is 125 Å². The maximum atomic E-state index is 12.9. The van der Waals surface area contributed by atoms with Crippen LogP contribution in [-0.2, 0) is 16.6 Å². The fourth-order valence-electron chi connectivity index (χ4n) is 7.60. The zero-order valence-corrected chi connectivity index (χ0v) is 27.1. The number of rotatable bonds is 12. The van der Waals surface area contributed by atoms with E-state index in [4.69, 9.17) is 15.5 Å². The zero-order valence-electron chi connectivity index (χ0n) is 27.1. The highest BCUT2D eigenvalue weighted by Gasteiger charge is 2.54. The van der Waals surface area contributed by atoms with Crippen LogP contribution in [0.5, 0.6) is 5.88 Å². The van der Waals surface area contributed by atoms with Crippen molar-refractivity contribution in [1.82, 2.24) is 14.9 Å². The third-order valence-corrected chi connectivity index (χ3v) is 10.4. The maximum absolute atomic E-state index is 12.9. The number of fused-ring (bicyclic) bond motifs is 1. The first-order valence-corrected chi connectivity index (χ1v) is 16.5. The van der Waals surface area contributed by atoms with Crippen molar-refractivity contribution in [2.75, 3.05) is 46.9 Å². The highest BCUT2D eigenvalue weighted by atomic mass is 16.5.